The highest BCUT2D eigenvalue weighted by Crippen LogP contribution is 2.42. The van der Waals surface area contributed by atoms with Gasteiger partial charge < -0.3 is 9.80 Å². The molecule has 4 heteroatoms. The third-order valence-corrected chi connectivity index (χ3v) is 8.35. The van der Waals surface area contributed by atoms with Gasteiger partial charge in [-0.25, -0.2) is 0 Å². The van der Waals surface area contributed by atoms with Crippen LogP contribution < -0.4 is 0 Å². The number of hydrogen-bond donors (Lipinski definition) is 0. The Morgan fingerprint density at radius 3 is 1.14 bits per heavy atom. The predicted octanol–water partition coefficient (Wildman–Crippen LogP) is 8.34. The molecule has 206 valence electrons. The van der Waals surface area contributed by atoms with E-state index in [-0.39, 0.29) is 24.2 Å². The van der Waals surface area contributed by atoms with Crippen LogP contribution in [0.15, 0.2) is 156 Å². The number of aliphatic imine (C=N–C) groups is 2. The Morgan fingerprint density at radius 1 is 0.405 bits per heavy atom. The molecular formula is C38H34N4. The third-order valence-electron chi connectivity index (χ3n) is 8.35. The molecule has 2 aliphatic heterocycles. The quantitative estimate of drug-likeness (QED) is 0.196. The van der Waals surface area contributed by atoms with Crippen molar-refractivity contribution in [3.8, 4) is 0 Å². The SMILES string of the molecule is C1=N[C@@H](c2ccccc2)[C@H](c2ccccc2)N1Cc1cccc(CN2C=N[C@@H](c3ccccc3)[C@@H]2c2ccccc2)c1. The Kier molecular flexibility index (Phi) is 7.34. The second-order valence-corrected chi connectivity index (χ2v) is 11.1. The fourth-order valence-electron chi connectivity index (χ4n) is 6.40. The average Bonchev–Trinajstić information content (AvgIpc) is 3.67. The molecule has 2 aliphatic rings. The van der Waals surface area contributed by atoms with E-state index in [2.05, 4.69) is 155 Å². The summed E-state index contributed by atoms with van der Waals surface area (Å²) in [7, 11) is 0. The van der Waals surface area contributed by atoms with Gasteiger partial charge in [-0.15, -0.1) is 0 Å². The van der Waals surface area contributed by atoms with Crippen LogP contribution in [0.5, 0.6) is 0 Å². The van der Waals surface area contributed by atoms with E-state index in [1.54, 1.807) is 0 Å². The van der Waals surface area contributed by atoms with Crippen LogP contribution in [0.3, 0.4) is 0 Å². The summed E-state index contributed by atoms with van der Waals surface area (Å²) in [5.74, 6) is 0. The Morgan fingerprint density at radius 2 is 0.762 bits per heavy atom. The number of hydrogen-bond acceptors (Lipinski definition) is 4. The van der Waals surface area contributed by atoms with Crippen LogP contribution in [0.2, 0.25) is 0 Å². The van der Waals surface area contributed by atoms with Gasteiger partial charge >= 0.3 is 0 Å². The van der Waals surface area contributed by atoms with E-state index < -0.39 is 0 Å². The van der Waals surface area contributed by atoms with Crippen molar-refractivity contribution in [3.05, 3.63) is 179 Å². The zero-order chi connectivity index (χ0) is 28.1. The summed E-state index contributed by atoms with van der Waals surface area (Å²) in [6.07, 6.45) is 4.09. The van der Waals surface area contributed by atoms with Crippen LogP contribution in [-0.4, -0.2) is 22.5 Å². The summed E-state index contributed by atoms with van der Waals surface area (Å²) < 4.78 is 0. The molecule has 0 aromatic heterocycles. The van der Waals surface area contributed by atoms with Crippen molar-refractivity contribution in [1.29, 1.82) is 0 Å². The summed E-state index contributed by atoms with van der Waals surface area (Å²) in [5, 5.41) is 0. The Balaban J connectivity index is 1.13. The van der Waals surface area contributed by atoms with Gasteiger partial charge in [0.05, 0.1) is 24.8 Å². The van der Waals surface area contributed by atoms with E-state index in [0.29, 0.717) is 0 Å². The largest absolute Gasteiger partial charge is 0.349 e. The molecule has 0 spiro atoms. The molecule has 0 amide bonds. The standard InChI is InChI=1S/C38H34N4/c1-5-16-31(17-6-1)35-37(33-20-9-3-10-21-33)41(27-39-35)25-29-14-13-15-30(24-29)26-42-28-40-36(32-18-7-2-8-19-32)38(42)34-22-11-4-12-23-34/h1-24,27-28,35-38H,25-26H2/t35-,36-,37-,38-/m0/s1. The van der Waals surface area contributed by atoms with Gasteiger partial charge in [-0.2, -0.15) is 0 Å². The molecule has 0 unspecified atom stereocenters. The first-order valence-corrected chi connectivity index (χ1v) is 14.7. The van der Waals surface area contributed by atoms with E-state index in [4.69, 9.17) is 9.98 Å². The summed E-state index contributed by atoms with van der Waals surface area (Å²) >= 11 is 0. The molecule has 7 rings (SSSR count). The van der Waals surface area contributed by atoms with Gasteiger partial charge in [0.25, 0.3) is 0 Å². The van der Waals surface area contributed by atoms with E-state index >= 15 is 0 Å². The fourth-order valence-corrected chi connectivity index (χ4v) is 6.40. The van der Waals surface area contributed by atoms with Gasteiger partial charge in [0.1, 0.15) is 12.1 Å². The third kappa shape index (κ3) is 5.36. The highest BCUT2D eigenvalue weighted by atomic mass is 15.3. The lowest BCUT2D eigenvalue weighted by Gasteiger charge is -2.30. The van der Waals surface area contributed by atoms with Gasteiger partial charge in [0.2, 0.25) is 0 Å². The number of rotatable bonds is 8. The van der Waals surface area contributed by atoms with Crippen LogP contribution in [-0.2, 0) is 13.1 Å². The molecule has 2 heterocycles. The summed E-state index contributed by atoms with van der Waals surface area (Å²) in [6, 6.07) is 52.3. The zero-order valence-corrected chi connectivity index (χ0v) is 23.5. The van der Waals surface area contributed by atoms with E-state index in [9.17, 15) is 0 Å². The zero-order valence-electron chi connectivity index (χ0n) is 23.5. The number of nitrogens with zero attached hydrogens (tertiary/aromatic N) is 4. The van der Waals surface area contributed by atoms with Crippen LogP contribution in [0.1, 0.15) is 57.5 Å². The molecule has 0 radical (unpaired) electrons. The van der Waals surface area contributed by atoms with Crippen LogP contribution in [0.25, 0.3) is 0 Å². The minimum Gasteiger partial charge on any atom is -0.349 e. The molecule has 0 saturated heterocycles. The van der Waals surface area contributed by atoms with Crippen LogP contribution >= 0.6 is 0 Å². The molecule has 4 nitrogen and oxygen atoms in total. The highest BCUT2D eigenvalue weighted by Gasteiger charge is 2.34. The monoisotopic (exact) mass is 546 g/mol. The Labute approximate surface area is 248 Å². The molecule has 42 heavy (non-hydrogen) atoms. The summed E-state index contributed by atoms with van der Waals surface area (Å²) in [6.45, 7) is 1.59. The first kappa shape index (κ1) is 26.0. The smallest absolute Gasteiger partial charge is 0.101 e. The Hall–Kier alpha value is -4.96. The maximum Gasteiger partial charge on any atom is 0.101 e. The molecule has 0 saturated carbocycles. The van der Waals surface area contributed by atoms with Crippen molar-refractivity contribution in [2.24, 2.45) is 9.98 Å². The van der Waals surface area contributed by atoms with Crippen LogP contribution in [0.4, 0.5) is 0 Å². The molecule has 0 N–H and O–H groups in total. The minimum absolute atomic E-state index is 0.0687. The molecule has 0 fully saturated rings. The fraction of sp³-hybridized carbons (Fsp3) is 0.158. The summed E-state index contributed by atoms with van der Waals surface area (Å²) in [4.78, 5) is 14.8. The van der Waals surface area contributed by atoms with Gasteiger partial charge in [-0.1, -0.05) is 146 Å². The van der Waals surface area contributed by atoms with Gasteiger partial charge in [-0.3, -0.25) is 9.98 Å². The molecule has 5 aromatic carbocycles. The van der Waals surface area contributed by atoms with Crippen molar-refractivity contribution in [2.45, 2.75) is 37.3 Å². The topological polar surface area (TPSA) is 31.2 Å². The normalized spacial score (nSPS) is 21.2. The predicted molar refractivity (Wildman–Crippen MR) is 171 cm³/mol. The van der Waals surface area contributed by atoms with Crippen molar-refractivity contribution >= 4 is 12.7 Å². The first-order chi connectivity index (χ1) is 20.8. The number of benzene rings is 5. The molecule has 0 aliphatic carbocycles. The minimum atomic E-state index is 0.0687. The maximum atomic E-state index is 5.00. The maximum absolute atomic E-state index is 5.00. The summed E-state index contributed by atoms with van der Waals surface area (Å²) in [5.41, 5.74) is 7.61. The highest BCUT2D eigenvalue weighted by molar-refractivity contribution is 5.62. The van der Waals surface area contributed by atoms with E-state index in [0.717, 1.165) is 13.1 Å². The van der Waals surface area contributed by atoms with Gasteiger partial charge in [-0.05, 0) is 33.4 Å². The molecule has 5 aromatic rings. The lowest BCUT2D eigenvalue weighted by Crippen LogP contribution is -2.26. The Bertz CT molecular complexity index is 1530. The van der Waals surface area contributed by atoms with Gasteiger partial charge in [0.15, 0.2) is 0 Å². The van der Waals surface area contributed by atoms with Crippen molar-refractivity contribution < 1.29 is 0 Å². The lowest BCUT2D eigenvalue weighted by atomic mass is 9.93. The second-order valence-electron chi connectivity index (χ2n) is 11.1. The van der Waals surface area contributed by atoms with E-state index in [1.807, 2.05) is 12.7 Å². The lowest BCUT2D eigenvalue weighted by molar-refractivity contribution is 0.306. The first-order valence-electron chi connectivity index (χ1n) is 14.7. The molecular weight excluding hydrogens is 512 g/mol. The second kappa shape index (κ2) is 11.9. The molecule has 4 atom stereocenters. The van der Waals surface area contributed by atoms with Gasteiger partial charge in [0, 0.05) is 13.1 Å². The van der Waals surface area contributed by atoms with Crippen molar-refractivity contribution in [1.82, 2.24) is 9.80 Å². The van der Waals surface area contributed by atoms with Crippen molar-refractivity contribution in [3.63, 3.8) is 0 Å². The molecule has 0 bridgehead atoms. The average molecular weight is 547 g/mol. The van der Waals surface area contributed by atoms with Crippen molar-refractivity contribution in [2.75, 3.05) is 0 Å². The van der Waals surface area contributed by atoms with Crippen LogP contribution in [0, 0.1) is 0 Å². The van der Waals surface area contributed by atoms with E-state index in [1.165, 1.54) is 33.4 Å².